The smallest absolute Gasteiger partial charge is 0.246 e. The molecule has 0 radical (unpaired) electrons. The molecule has 4 heterocycles. The molecule has 1 aliphatic heterocycles. The fraction of sp³-hybridized carbons (Fsp3) is 0.333. The molecule has 1 saturated heterocycles. The highest BCUT2D eigenvalue weighted by Gasteiger charge is 2.22. The first kappa shape index (κ1) is 13.1. The van der Waals surface area contributed by atoms with E-state index in [0.29, 0.717) is 24.2 Å². The van der Waals surface area contributed by atoms with Gasteiger partial charge in [0.2, 0.25) is 11.7 Å². The molecule has 3 aromatic heterocycles. The Kier molecular flexibility index (Phi) is 3.40. The molecule has 22 heavy (non-hydrogen) atoms. The minimum Gasteiger partial charge on any atom is -0.381 e. The zero-order valence-corrected chi connectivity index (χ0v) is 11.9. The zero-order valence-electron chi connectivity index (χ0n) is 11.9. The highest BCUT2D eigenvalue weighted by Crippen LogP contribution is 2.24. The molecule has 1 fully saturated rings. The van der Waals surface area contributed by atoms with E-state index in [2.05, 4.69) is 20.1 Å². The van der Waals surface area contributed by atoms with Gasteiger partial charge in [0.05, 0.1) is 6.61 Å². The van der Waals surface area contributed by atoms with Crippen molar-refractivity contribution in [3.8, 4) is 11.4 Å². The Hall–Kier alpha value is -2.54. The molecule has 1 aliphatic rings. The molecule has 0 bridgehead atoms. The normalized spacial score (nSPS) is 17.9. The van der Waals surface area contributed by atoms with E-state index in [1.54, 1.807) is 18.6 Å². The molecule has 0 unspecified atom stereocenters. The lowest BCUT2D eigenvalue weighted by Gasteiger charge is -2.09. The summed E-state index contributed by atoms with van der Waals surface area (Å²) in [6.45, 7) is 2.03. The van der Waals surface area contributed by atoms with Crippen LogP contribution in [0.25, 0.3) is 11.4 Å². The van der Waals surface area contributed by atoms with Crippen LogP contribution in [0.1, 0.15) is 24.1 Å². The van der Waals surface area contributed by atoms with Gasteiger partial charge in [-0.15, -0.1) is 0 Å². The van der Waals surface area contributed by atoms with Gasteiger partial charge in [-0.25, -0.2) is 4.98 Å². The monoisotopic (exact) mass is 297 g/mol. The van der Waals surface area contributed by atoms with Crippen LogP contribution >= 0.6 is 0 Å². The number of hydrogen-bond acceptors (Lipinski definition) is 6. The minimum absolute atomic E-state index is 0.343. The number of imidazole rings is 1. The maximum atomic E-state index is 5.44. The van der Waals surface area contributed by atoms with Crippen LogP contribution in [-0.4, -0.2) is 37.9 Å². The third kappa shape index (κ3) is 2.50. The van der Waals surface area contributed by atoms with Crippen molar-refractivity contribution in [2.75, 3.05) is 13.2 Å². The molecule has 0 N–H and O–H groups in total. The van der Waals surface area contributed by atoms with E-state index in [0.717, 1.165) is 31.0 Å². The topological polar surface area (TPSA) is 78.9 Å². The molecule has 112 valence electrons. The number of aromatic nitrogens is 5. The molecule has 7 nitrogen and oxygen atoms in total. The van der Waals surface area contributed by atoms with Gasteiger partial charge in [0, 0.05) is 42.9 Å². The average molecular weight is 297 g/mol. The summed E-state index contributed by atoms with van der Waals surface area (Å²) in [6, 6.07) is 3.75. The summed E-state index contributed by atoms with van der Waals surface area (Å²) in [4.78, 5) is 12.9. The SMILES string of the molecule is c1cncc(-c2noc(Cn3ccnc3[C@@H]3CCOC3)n2)c1. The van der Waals surface area contributed by atoms with Crippen molar-refractivity contribution >= 4 is 0 Å². The predicted molar refractivity (Wildman–Crippen MR) is 77.0 cm³/mol. The number of rotatable bonds is 4. The second-order valence-corrected chi connectivity index (χ2v) is 5.23. The number of nitrogens with zero attached hydrogens (tertiary/aromatic N) is 5. The maximum absolute atomic E-state index is 5.44. The highest BCUT2D eigenvalue weighted by atomic mass is 16.5. The van der Waals surface area contributed by atoms with Crippen molar-refractivity contribution in [1.29, 1.82) is 0 Å². The van der Waals surface area contributed by atoms with Crippen LogP contribution < -0.4 is 0 Å². The van der Waals surface area contributed by atoms with Gasteiger partial charge in [0.15, 0.2) is 0 Å². The molecule has 0 aliphatic carbocycles. The summed E-state index contributed by atoms with van der Waals surface area (Å²) < 4.78 is 12.8. The minimum atomic E-state index is 0.343. The third-order valence-electron chi connectivity index (χ3n) is 3.74. The molecule has 7 heteroatoms. The average Bonchev–Trinajstić information content (AvgIpc) is 3.30. The van der Waals surface area contributed by atoms with Gasteiger partial charge >= 0.3 is 0 Å². The van der Waals surface area contributed by atoms with Crippen molar-refractivity contribution in [3.63, 3.8) is 0 Å². The van der Waals surface area contributed by atoms with Crippen molar-refractivity contribution in [3.05, 3.63) is 48.6 Å². The van der Waals surface area contributed by atoms with Crippen LogP contribution in [0.5, 0.6) is 0 Å². The molecule has 1 atom stereocenters. The van der Waals surface area contributed by atoms with Crippen LogP contribution in [0.2, 0.25) is 0 Å². The molecule has 4 rings (SSSR count). The highest BCUT2D eigenvalue weighted by molar-refractivity contribution is 5.51. The van der Waals surface area contributed by atoms with E-state index in [9.17, 15) is 0 Å². The Balaban J connectivity index is 1.55. The van der Waals surface area contributed by atoms with E-state index in [-0.39, 0.29) is 0 Å². The number of hydrogen-bond donors (Lipinski definition) is 0. The van der Waals surface area contributed by atoms with E-state index in [4.69, 9.17) is 9.26 Å². The van der Waals surface area contributed by atoms with Gasteiger partial charge in [0.1, 0.15) is 12.4 Å². The maximum Gasteiger partial charge on any atom is 0.246 e. The zero-order chi connectivity index (χ0) is 14.8. The lowest BCUT2D eigenvalue weighted by molar-refractivity contribution is 0.192. The van der Waals surface area contributed by atoms with Crippen LogP contribution in [0, 0.1) is 0 Å². The largest absolute Gasteiger partial charge is 0.381 e. The first-order chi connectivity index (χ1) is 10.9. The molecule has 0 saturated carbocycles. The number of pyridine rings is 1. The van der Waals surface area contributed by atoms with E-state index in [1.165, 1.54) is 0 Å². The molecular formula is C15H15N5O2. The van der Waals surface area contributed by atoms with E-state index >= 15 is 0 Å². The summed E-state index contributed by atoms with van der Waals surface area (Å²) in [6.07, 6.45) is 8.16. The van der Waals surface area contributed by atoms with E-state index < -0.39 is 0 Å². The van der Waals surface area contributed by atoms with Crippen molar-refractivity contribution in [2.24, 2.45) is 0 Å². The van der Waals surface area contributed by atoms with Crippen LogP contribution in [-0.2, 0) is 11.3 Å². The van der Waals surface area contributed by atoms with Crippen LogP contribution in [0.3, 0.4) is 0 Å². The first-order valence-corrected chi connectivity index (χ1v) is 7.22. The Labute approximate surface area is 127 Å². The second kappa shape index (κ2) is 5.69. The summed E-state index contributed by atoms with van der Waals surface area (Å²) >= 11 is 0. The lowest BCUT2D eigenvalue weighted by Crippen LogP contribution is -2.10. The summed E-state index contributed by atoms with van der Waals surface area (Å²) in [5, 5.41) is 4.01. The molecule has 0 amide bonds. The van der Waals surface area contributed by atoms with Crippen LogP contribution in [0.4, 0.5) is 0 Å². The van der Waals surface area contributed by atoms with Crippen molar-refractivity contribution in [1.82, 2.24) is 24.7 Å². The van der Waals surface area contributed by atoms with Crippen LogP contribution in [0.15, 0.2) is 41.4 Å². The van der Waals surface area contributed by atoms with Gasteiger partial charge in [-0.1, -0.05) is 5.16 Å². The Morgan fingerprint density at radius 3 is 3.14 bits per heavy atom. The molecule has 3 aromatic rings. The Morgan fingerprint density at radius 2 is 2.32 bits per heavy atom. The number of ether oxygens (including phenoxy) is 1. The fourth-order valence-corrected chi connectivity index (χ4v) is 2.63. The first-order valence-electron chi connectivity index (χ1n) is 7.22. The lowest BCUT2D eigenvalue weighted by atomic mass is 10.1. The molecule has 0 spiro atoms. The van der Waals surface area contributed by atoms with Gasteiger partial charge in [-0.2, -0.15) is 4.98 Å². The Morgan fingerprint density at radius 1 is 1.32 bits per heavy atom. The van der Waals surface area contributed by atoms with Crippen molar-refractivity contribution < 1.29 is 9.26 Å². The summed E-state index contributed by atoms with van der Waals surface area (Å²) in [7, 11) is 0. The van der Waals surface area contributed by atoms with Gasteiger partial charge in [0.25, 0.3) is 0 Å². The standard InChI is InChI=1S/C15H15N5O2/c1-2-11(8-16-4-1)14-18-13(22-19-14)9-20-6-5-17-15(20)12-3-7-21-10-12/h1-2,4-6,8,12H,3,7,9-10H2/t12-/m1/s1. The molecule has 0 aromatic carbocycles. The summed E-state index contributed by atoms with van der Waals surface area (Å²) in [5.41, 5.74) is 0.840. The van der Waals surface area contributed by atoms with E-state index in [1.807, 2.05) is 22.9 Å². The quantitative estimate of drug-likeness (QED) is 0.731. The fourth-order valence-electron chi connectivity index (χ4n) is 2.63. The Bertz CT molecular complexity index is 746. The summed E-state index contributed by atoms with van der Waals surface area (Å²) in [5.74, 6) is 2.46. The second-order valence-electron chi connectivity index (χ2n) is 5.23. The third-order valence-corrected chi connectivity index (χ3v) is 3.74. The van der Waals surface area contributed by atoms with Gasteiger partial charge in [-0.3, -0.25) is 4.98 Å². The van der Waals surface area contributed by atoms with Crippen molar-refractivity contribution in [2.45, 2.75) is 18.9 Å². The van der Waals surface area contributed by atoms with Gasteiger partial charge in [-0.05, 0) is 18.6 Å². The predicted octanol–water partition coefficient (Wildman–Crippen LogP) is 1.88. The molecular weight excluding hydrogens is 282 g/mol. The van der Waals surface area contributed by atoms with Gasteiger partial charge < -0.3 is 13.8 Å².